The molecule has 10 heteroatoms. The quantitative estimate of drug-likeness (QED) is 0.272. The van der Waals surface area contributed by atoms with Crippen molar-refractivity contribution in [3.05, 3.63) is 102 Å². The smallest absolute Gasteiger partial charge is 0.243 e. The number of benzene rings is 4. The first-order chi connectivity index (χ1) is 19.4. The van der Waals surface area contributed by atoms with Crippen molar-refractivity contribution in [2.45, 2.75) is 24.5 Å². The van der Waals surface area contributed by atoms with Gasteiger partial charge in [0, 0.05) is 13.1 Å². The number of fused-ring (bicyclic) bond motifs is 2. The lowest BCUT2D eigenvalue weighted by atomic mass is 10.0. The summed E-state index contributed by atoms with van der Waals surface area (Å²) in [6, 6.07) is 24.5. The molecule has 6 rings (SSSR count). The Bertz CT molecular complexity index is 1800. The number of ether oxygens (including phenoxy) is 3. The van der Waals surface area contributed by atoms with Crippen molar-refractivity contribution in [1.82, 2.24) is 19.3 Å². The minimum atomic E-state index is -3.75. The van der Waals surface area contributed by atoms with Gasteiger partial charge in [-0.15, -0.1) is 5.10 Å². The van der Waals surface area contributed by atoms with E-state index in [0.29, 0.717) is 35.8 Å². The number of nitrogens with zero attached hydrogens (tertiary/aromatic N) is 4. The molecular weight excluding hydrogens is 528 g/mol. The van der Waals surface area contributed by atoms with Gasteiger partial charge in [0.05, 0.1) is 31.0 Å². The SMILES string of the molecule is COc1cc2c(cc1OC)CN(S(=O)(=O)c1cccc(-n3cc(COc4ccc5ccccc5c4)nn3)c1)CC2. The van der Waals surface area contributed by atoms with E-state index in [1.165, 1.54) is 4.31 Å². The molecule has 0 atom stereocenters. The Morgan fingerprint density at radius 2 is 1.62 bits per heavy atom. The third-order valence-corrected chi connectivity index (χ3v) is 8.89. The molecule has 0 fully saturated rings. The zero-order valence-corrected chi connectivity index (χ0v) is 23.0. The number of hydrogen-bond acceptors (Lipinski definition) is 7. The summed E-state index contributed by atoms with van der Waals surface area (Å²) in [5, 5.41) is 10.7. The predicted octanol–water partition coefficient (Wildman–Crippen LogP) is 4.76. The normalized spacial score (nSPS) is 13.7. The Morgan fingerprint density at radius 1 is 0.850 bits per heavy atom. The number of aromatic nitrogens is 3. The van der Waals surface area contributed by atoms with Crippen molar-refractivity contribution >= 4 is 20.8 Å². The molecule has 1 aliphatic heterocycles. The molecule has 40 heavy (non-hydrogen) atoms. The van der Waals surface area contributed by atoms with E-state index in [0.717, 1.165) is 27.6 Å². The molecule has 0 unspecified atom stereocenters. The molecule has 1 aliphatic rings. The molecule has 9 nitrogen and oxygen atoms in total. The molecule has 0 saturated carbocycles. The van der Waals surface area contributed by atoms with Crippen LogP contribution >= 0.6 is 0 Å². The van der Waals surface area contributed by atoms with Crippen LogP contribution in [0.4, 0.5) is 0 Å². The van der Waals surface area contributed by atoms with Crippen molar-refractivity contribution in [2.75, 3.05) is 20.8 Å². The van der Waals surface area contributed by atoms with Crippen LogP contribution in [0.1, 0.15) is 16.8 Å². The summed E-state index contributed by atoms with van der Waals surface area (Å²) < 4.78 is 47.0. The summed E-state index contributed by atoms with van der Waals surface area (Å²) in [6.07, 6.45) is 2.32. The third kappa shape index (κ3) is 4.99. The Balaban J connectivity index is 1.18. The predicted molar refractivity (Wildman–Crippen MR) is 150 cm³/mol. The molecule has 0 amide bonds. The standard InChI is InChI=1S/C30H28N4O5S/c1-37-29-15-23-12-13-33(18-24(23)16-30(29)38-2)40(35,36)28-9-5-8-26(17-28)34-19-25(31-32-34)20-39-27-11-10-21-6-3-4-7-22(21)14-27/h3-11,14-17,19H,12-13,18,20H2,1-2H3. The zero-order chi connectivity index (χ0) is 27.7. The fraction of sp³-hybridized carbons (Fsp3) is 0.200. The average Bonchev–Trinajstić information content (AvgIpc) is 3.48. The van der Waals surface area contributed by atoms with Crippen LogP contribution in [0.15, 0.2) is 90.0 Å². The lowest BCUT2D eigenvalue weighted by molar-refractivity contribution is 0.301. The molecule has 0 spiro atoms. The van der Waals surface area contributed by atoms with E-state index in [1.807, 2.05) is 48.5 Å². The highest BCUT2D eigenvalue weighted by Crippen LogP contribution is 2.34. The van der Waals surface area contributed by atoms with Crippen molar-refractivity contribution in [1.29, 1.82) is 0 Å². The Kier molecular flexibility index (Phi) is 6.87. The molecule has 0 radical (unpaired) electrons. The highest BCUT2D eigenvalue weighted by Gasteiger charge is 2.29. The number of rotatable bonds is 8. The first-order valence-electron chi connectivity index (χ1n) is 12.8. The van der Waals surface area contributed by atoms with Gasteiger partial charge < -0.3 is 14.2 Å². The van der Waals surface area contributed by atoms with Gasteiger partial charge in [-0.25, -0.2) is 13.1 Å². The second-order valence-electron chi connectivity index (χ2n) is 9.51. The van der Waals surface area contributed by atoms with Gasteiger partial charge in [0.1, 0.15) is 18.1 Å². The maximum atomic E-state index is 13.6. The monoisotopic (exact) mass is 556 g/mol. The number of sulfonamides is 1. The van der Waals surface area contributed by atoms with E-state index in [9.17, 15) is 8.42 Å². The van der Waals surface area contributed by atoms with Crippen molar-refractivity contribution in [3.63, 3.8) is 0 Å². The molecule has 0 aliphatic carbocycles. The topological polar surface area (TPSA) is 95.8 Å². The van der Waals surface area contributed by atoms with Crippen LogP contribution in [0.5, 0.6) is 17.2 Å². The minimum Gasteiger partial charge on any atom is -0.493 e. The van der Waals surface area contributed by atoms with Crippen molar-refractivity contribution < 1.29 is 22.6 Å². The average molecular weight is 557 g/mol. The molecule has 204 valence electrons. The van der Waals surface area contributed by atoms with Gasteiger partial charge in [-0.1, -0.05) is 41.6 Å². The Hall–Kier alpha value is -4.41. The molecule has 2 heterocycles. The highest BCUT2D eigenvalue weighted by atomic mass is 32.2. The van der Waals surface area contributed by atoms with Crippen LogP contribution in [-0.4, -0.2) is 48.5 Å². The lowest BCUT2D eigenvalue weighted by Crippen LogP contribution is -2.36. The Morgan fingerprint density at radius 3 is 2.42 bits per heavy atom. The van der Waals surface area contributed by atoms with E-state index in [1.54, 1.807) is 49.4 Å². The first-order valence-corrected chi connectivity index (χ1v) is 14.3. The minimum absolute atomic E-state index is 0.193. The van der Waals surface area contributed by atoms with E-state index in [4.69, 9.17) is 14.2 Å². The largest absolute Gasteiger partial charge is 0.493 e. The van der Waals surface area contributed by atoms with Crippen LogP contribution < -0.4 is 14.2 Å². The summed E-state index contributed by atoms with van der Waals surface area (Å²) in [5.74, 6) is 1.95. The van der Waals surface area contributed by atoms with Crippen molar-refractivity contribution in [2.24, 2.45) is 0 Å². The highest BCUT2D eigenvalue weighted by molar-refractivity contribution is 7.89. The van der Waals surface area contributed by atoms with Crippen LogP contribution in [0.3, 0.4) is 0 Å². The summed E-state index contributed by atoms with van der Waals surface area (Å²) >= 11 is 0. The van der Waals surface area contributed by atoms with E-state index < -0.39 is 10.0 Å². The van der Waals surface area contributed by atoms with Gasteiger partial charge in [-0.2, -0.15) is 4.31 Å². The van der Waals surface area contributed by atoms with E-state index >= 15 is 0 Å². The fourth-order valence-electron chi connectivity index (χ4n) is 4.90. The van der Waals surface area contributed by atoms with Crippen LogP contribution in [0.25, 0.3) is 16.5 Å². The zero-order valence-electron chi connectivity index (χ0n) is 22.1. The third-order valence-electron chi connectivity index (χ3n) is 7.05. The number of hydrogen-bond donors (Lipinski definition) is 0. The number of methoxy groups -OCH3 is 2. The van der Waals surface area contributed by atoms with E-state index in [-0.39, 0.29) is 18.0 Å². The van der Waals surface area contributed by atoms with Gasteiger partial charge in [0.2, 0.25) is 10.0 Å². The molecule has 1 aromatic heterocycles. The van der Waals surface area contributed by atoms with Gasteiger partial charge in [0.15, 0.2) is 11.5 Å². The van der Waals surface area contributed by atoms with Gasteiger partial charge >= 0.3 is 0 Å². The summed E-state index contributed by atoms with van der Waals surface area (Å²) in [7, 11) is -0.595. The molecule has 0 bridgehead atoms. The van der Waals surface area contributed by atoms with Gasteiger partial charge in [-0.05, 0) is 70.8 Å². The maximum absolute atomic E-state index is 13.6. The molecular formula is C30H28N4O5S. The first kappa shape index (κ1) is 25.8. The van der Waals surface area contributed by atoms with Crippen LogP contribution in [-0.2, 0) is 29.6 Å². The lowest BCUT2D eigenvalue weighted by Gasteiger charge is -2.29. The van der Waals surface area contributed by atoms with Crippen molar-refractivity contribution in [3.8, 4) is 22.9 Å². The maximum Gasteiger partial charge on any atom is 0.243 e. The molecule has 5 aromatic rings. The van der Waals surface area contributed by atoms with E-state index in [2.05, 4.69) is 16.4 Å². The second kappa shape index (κ2) is 10.6. The van der Waals surface area contributed by atoms with Gasteiger partial charge in [0.25, 0.3) is 0 Å². The molecule has 0 saturated heterocycles. The molecule has 0 N–H and O–H groups in total. The summed E-state index contributed by atoms with van der Waals surface area (Å²) in [4.78, 5) is 0.193. The summed E-state index contributed by atoms with van der Waals surface area (Å²) in [6.45, 7) is 0.855. The molecule has 4 aromatic carbocycles. The van der Waals surface area contributed by atoms with Gasteiger partial charge in [-0.3, -0.25) is 0 Å². The fourth-order valence-corrected chi connectivity index (χ4v) is 6.36. The summed E-state index contributed by atoms with van der Waals surface area (Å²) in [5.41, 5.74) is 3.17. The Labute approximate surface area is 232 Å². The van der Waals surface area contributed by atoms with Crippen LogP contribution in [0, 0.1) is 0 Å². The second-order valence-corrected chi connectivity index (χ2v) is 11.5. The van der Waals surface area contributed by atoms with Crippen LogP contribution in [0.2, 0.25) is 0 Å².